The first-order chi connectivity index (χ1) is 13.0. The van der Waals surface area contributed by atoms with Gasteiger partial charge < -0.3 is 14.9 Å². The second kappa shape index (κ2) is 8.26. The first-order valence-electron chi connectivity index (χ1n) is 8.39. The molecule has 0 fully saturated rings. The lowest BCUT2D eigenvalue weighted by molar-refractivity contribution is -0.121. The van der Waals surface area contributed by atoms with Crippen molar-refractivity contribution in [2.45, 2.75) is 25.8 Å². The number of carboxylic acid groups (broad SMARTS) is 1. The Bertz CT molecular complexity index is 932. The minimum absolute atomic E-state index is 0.0535. The van der Waals surface area contributed by atoms with Crippen LogP contribution in [0, 0.1) is 0 Å². The first kappa shape index (κ1) is 18.3. The molecule has 3 aromatic rings. The Morgan fingerprint density at radius 1 is 1.26 bits per heavy atom. The Morgan fingerprint density at radius 2 is 2.04 bits per heavy atom. The second-order valence-electron chi connectivity index (χ2n) is 5.99. The van der Waals surface area contributed by atoms with Gasteiger partial charge in [-0.3, -0.25) is 9.48 Å². The molecule has 0 spiro atoms. The molecule has 0 unspecified atom stereocenters. The molecular formula is C18H19N5O4. The topological polar surface area (TPSA) is 123 Å². The van der Waals surface area contributed by atoms with Gasteiger partial charge in [0.2, 0.25) is 11.8 Å². The maximum atomic E-state index is 12.0. The Kier molecular flexibility index (Phi) is 5.60. The largest absolute Gasteiger partial charge is 0.477 e. The fourth-order valence-electron chi connectivity index (χ4n) is 2.63. The van der Waals surface area contributed by atoms with Crippen molar-refractivity contribution in [3.63, 3.8) is 0 Å². The van der Waals surface area contributed by atoms with Crippen molar-refractivity contribution < 1.29 is 19.2 Å². The normalized spacial score (nSPS) is 10.7. The number of aromatic carboxylic acids is 1. The van der Waals surface area contributed by atoms with Gasteiger partial charge in [0, 0.05) is 38.4 Å². The zero-order valence-electron chi connectivity index (χ0n) is 14.8. The third-order valence-corrected chi connectivity index (χ3v) is 3.97. The van der Waals surface area contributed by atoms with Crippen molar-refractivity contribution in [2.75, 3.05) is 0 Å². The van der Waals surface area contributed by atoms with Crippen LogP contribution in [-0.4, -0.2) is 36.9 Å². The lowest BCUT2D eigenvalue weighted by Crippen LogP contribution is -2.24. The molecule has 1 amide bonds. The number of rotatable bonds is 8. The highest BCUT2D eigenvalue weighted by atomic mass is 16.5. The summed E-state index contributed by atoms with van der Waals surface area (Å²) in [5, 5.41) is 19.7. The number of aryl methyl sites for hydroxylation is 2. The average molecular weight is 369 g/mol. The Hall–Kier alpha value is -3.49. The second-order valence-corrected chi connectivity index (χ2v) is 5.99. The Morgan fingerprint density at radius 3 is 2.78 bits per heavy atom. The van der Waals surface area contributed by atoms with E-state index in [1.165, 1.54) is 17.9 Å². The molecule has 0 bridgehead atoms. The third-order valence-electron chi connectivity index (χ3n) is 3.97. The zero-order chi connectivity index (χ0) is 19.2. The molecular weight excluding hydrogens is 350 g/mol. The van der Waals surface area contributed by atoms with Crippen LogP contribution in [0.25, 0.3) is 0 Å². The van der Waals surface area contributed by atoms with Gasteiger partial charge >= 0.3 is 5.97 Å². The molecule has 140 valence electrons. The number of carboxylic acids is 1. The molecule has 0 saturated carbocycles. The summed E-state index contributed by atoms with van der Waals surface area (Å²) in [4.78, 5) is 27.5. The summed E-state index contributed by atoms with van der Waals surface area (Å²) >= 11 is 0. The van der Waals surface area contributed by atoms with E-state index in [1.807, 2.05) is 30.3 Å². The van der Waals surface area contributed by atoms with Crippen molar-refractivity contribution in [3.8, 4) is 0 Å². The van der Waals surface area contributed by atoms with Gasteiger partial charge in [-0.2, -0.15) is 10.1 Å². The number of hydrogen-bond acceptors (Lipinski definition) is 6. The van der Waals surface area contributed by atoms with Crippen LogP contribution < -0.4 is 5.32 Å². The molecule has 0 radical (unpaired) electrons. The van der Waals surface area contributed by atoms with Gasteiger partial charge in [-0.15, -0.1) is 0 Å². The first-order valence-corrected chi connectivity index (χ1v) is 8.39. The monoisotopic (exact) mass is 369 g/mol. The smallest absolute Gasteiger partial charge is 0.354 e. The lowest BCUT2D eigenvalue weighted by Gasteiger charge is -2.04. The van der Waals surface area contributed by atoms with Crippen molar-refractivity contribution in [3.05, 3.63) is 65.1 Å². The summed E-state index contributed by atoms with van der Waals surface area (Å²) in [6.07, 6.45) is 2.47. The van der Waals surface area contributed by atoms with E-state index < -0.39 is 5.97 Å². The van der Waals surface area contributed by atoms with Gasteiger partial charge in [0.25, 0.3) is 0 Å². The molecule has 0 saturated heterocycles. The standard InChI is InChI=1S/C18H19N5O4/c1-23-17(18(25)26)13(11-20-23)10-19-15(24)7-8-16-21-14(22-27-16)9-12-5-3-2-4-6-12/h2-6,11H,7-10H2,1H3,(H,19,24)(H,25,26). The SMILES string of the molecule is Cn1ncc(CNC(=O)CCc2nc(Cc3ccccc3)no2)c1C(=O)O. The molecule has 1 aromatic carbocycles. The Balaban J connectivity index is 1.48. The summed E-state index contributed by atoms with van der Waals surface area (Å²) in [5.74, 6) is -0.365. The van der Waals surface area contributed by atoms with Crippen LogP contribution in [0.1, 0.15) is 39.8 Å². The fraction of sp³-hybridized carbons (Fsp3) is 0.278. The van der Waals surface area contributed by atoms with Gasteiger partial charge in [-0.05, 0) is 5.56 Å². The van der Waals surface area contributed by atoms with Gasteiger partial charge in [-0.25, -0.2) is 4.79 Å². The summed E-state index contributed by atoms with van der Waals surface area (Å²) in [6, 6.07) is 9.78. The molecule has 0 atom stereocenters. The van der Waals surface area contributed by atoms with Crippen molar-refractivity contribution in [1.29, 1.82) is 0 Å². The number of nitrogens with zero attached hydrogens (tertiary/aromatic N) is 4. The molecule has 27 heavy (non-hydrogen) atoms. The summed E-state index contributed by atoms with van der Waals surface area (Å²) in [5.41, 5.74) is 1.58. The lowest BCUT2D eigenvalue weighted by atomic mass is 10.1. The summed E-state index contributed by atoms with van der Waals surface area (Å²) < 4.78 is 6.43. The van der Waals surface area contributed by atoms with E-state index in [2.05, 4.69) is 20.6 Å². The Labute approximate surface area is 155 Å². The molecule has 2 aromatic heterocycles. The zero-order valence-corrected chi connectivity index (χ0v) is 14.8. The molecule has 0 aliphatic carbocycles. The molecule has 9 nitrogen and oxygen atoms in total. The molecule has 2 heterocycles. The van der Waals surface area contributed by atoms with Gasteiger partial charge in [-0.1, -0.05) is 35.5 Å². The van der Waals surface area contributed by atoms with Crippen LogP contribution in [0.3, 0.4) is 0 Å². The summed E-state index contributed by atoms with van der Waals surface area (Å²) in [7, 11) is 1.54. The number of amides is 1. The van der Waals surface area contributed by atoms with Crippen molar-refractivity contribution in [2.24, 2.45) is 7.05 Å². The quantitative estimate of drug-likeness (QED) is 0.614. The van der Waals surface area contributed by atoms with Gasteiger partial charge in [0.15, 0.2) is 11.5 Å². The minimum Gasteiger partial charge on any atom is -0.477 e. The van der Waals surface area contributed by atoms with E-state index in [0.717, 1.165) is 5.56 Å². The number of nitrogens with one attached hydrogen (secondary N) is 1. The van der Waals surface area contributed by atoms with Crippen LogP contribution in [0.5, 0.6) is 0 Å². The number of carbonyl (C=O) groups excluding carboxylic acids is 1. The van der Waals surface area contributed by atoms with E-state index in [-0.39, 0.29) is 24.6 Å². The highest BCUT2D eigenvalue weighted by Crippen LogP contribution is 2.09. The third kappa shape index (κ3) is 4.78. The molecule has 2 N–H and O–H groups in total. The van der Waals surface area contributed by atoms with E-state index in [0.29, 0.717) is 30.1 Å². The van der Waals surface area contributed by atoms with E-state index in [4.69, 9.17) is 9.63 Å². The highest BCUT2D eigenvalue weighted by molar-refractivity contribution is 5.87. The predicted molar refractivity (Wildman–Crippen MR) is 93.9 cm³/mol. The van der Waals surface area contributed by atoms with Gasteiger partial charge in [0.05, 0.1) is 6.20 Å². The molecule has 9 heteroatoms. The predicted octanol–water partition coefficient (Wildman–Crippen LogP) is 1.34. The van der Waals surface area contributed by atoms with Crippen LogP contribution >= 0.6 is 0 Å². The maximum Gasteiger partial charge on any atom is 0.354 e. The van der Waals surface area contributed by atoms with Crippen LogP contribution in [0.2, 0.25) is 0 Å². The average Bonchev–Trinajstić information content (AvgIpc) is 3.25. The molecule has 0 aliphatic heterocycles. The number of aromatic nitrogens is 4. The van der Waals surface area contributed by atoms with E-state index >= 15 is 0 Å². The molecule has 3 rings (SSSR count). The van der Waals surface area contributed by atoms with Crippen LogP contribution in [0.15, 0.2) is 41.1 Å². The maximum absolute atomic E-state index is 12.0. The van der Waals surface area contributed by atoms with Crippen molar-refractivity contribution in [1.82, 2.24) is 25.2 Å². The van der Waals surface area contributed by atoms with Crippen molar-refractivity contribution >= 4 is 11.9 Å². The summed E-state index contributed by atoms with van der Waals surface area (Å²) in [6.45, 7) is 0.0946. The number of carbonyl (C=O) groups is 2. The minimum atomic E-state index is -1.09. The van der Waals surface area contributed by atoms with Crippen LogP contribution in [-0.2, 0) is 31.2 Å². The van der Waals surface area contributed by atoms with E-state index in [1.54, 1.807) is 0 Å². The number of hydrogen-bond donors (Lipinski definition) is 2. The van der Waals surface area contributed by atoms with Gasteiger partial charge in [0.1, 0.15) is 0 Å². The fourth-order valence-corrected chi connectivity index (χ4v) is 2.63. The van der Waals surface area contributed by atoms with Crippen LogP contribution in [0.4, 0.5) is 0 Å². The molecule has 0 aliphatic rings. The number of benzene rings is 1. The highest BCUT2D eigenvalue weighted by Gasteiger charge is 2.16. The van der Waals surface area contributed by atoms with E-state index in [9.17, 15) is 9.59 Å².